The van der Waals surface area contributed by atoms with Crippen LogP contribution < -0.4 is 16.3 Å². The molecule has 1 aliphatic carbocycles. The second-order valence-electron chi connectivity index (χ2n) is 6.51. The minimum atomic E-state index is -0.646. The van der Waals surface area contributed by atoms with Gasteiger partial charge >= 0.3 is 12.0 Å². The van der Waals surface area contributed by atoms with Gasteiger partial charge in [0.1, 0.15) is 5.76 Å². The summed E-state index contributed by atoms with van der Waals surface area (Å²) in [7, 11) is 0. The molecule has 10 heteroatoms. The van der Waals surface area contributed by atoms with Crippen molar-refractivity contribution in [2.75, 3.05) is 6.61 Å². The van der Waals surface area contributed by atoms with Crippen LogP contribution in [0.3, 0.4) is 0 Å². The number of amides is 3. The molecule has 2 aromatic rings. The van der Waals surface area contributed by atoms with E-state index in [1.807, 2.05) is 0 Å². The zero-order valence-electron chi connectivity index (χ0n) is 16.5. The van der Waals surface area contributed by atoms with Gasteiger partial charge in [-0.1, -0.05) is 15.9 Å². The zero-order chi connectivity index (χ0) is 21.7. The Balaban J connectivity index is 1.72. The highest BCUT2D eigenvalue weighted by molar-refractivity contribution is 9.10. The molecule has 1 aliphatic rings. The monoisotopic (exact) mass is 476 g/mol. The summed E-state index contributed by atoms with van der Waals surface area (Å²) in [5, 5.41) is 4.12. The molecule has 0 fully saturated rings. The number of hydrazone groups is 1. The lowest BCUT2D eigenvalue weighted by Crippen LogP contribution is -2.41. The topological polar surface area (TPSA) is 122 Å². The van der Waals surface area contributed by atoms with E-state index < -0.39 is 17.9 Å². The highest BCUT2D eigenvalue weighted by atomic mass is 79.9. The van der Waals surface area contributed by atoms with E-state index in [4.69, 9.17) is 9.15 Å². The second kappa shape index (κ2) is 9.57. The van der Waals surface area contributed by atoms with Crippen molar-refractivity contribution < 1.29 is 23.5 Å². The summed E-state index contributed by atoms with van der Waals surface area (Å²) in [6, 6.07) is 6.71. The van der Waals surface area contributed by atoms with Gasteiger partial charge in [0.05, 0.1) is 12.3 Å². The van der Waals surface area contributed by atoms with E-state index in [2.05, 4.69) is 37.3 Å². The smallest absolute Gasteiger partial charge is 0.427 e. The lowest BCUT2D eigenvalue weighted by atomic mass is 9.93. The number of carbonyl (C=O) groups is 3. The van der Waals surface area contributed by atoms with Crippen molar-refractivity contribution in [1.82, 2.24) is 16.3 Å². The number of hydrazine groups is 1. The Morgan fingerprint density at radius 3 is 2.53 bits per heavy atom. The van der Waals surface area contributed by atoms with Crippen LogP contribution in [-0.2, 0) is 11.2 Å². The molecule has 0 spiro atoms. The summed E-state index contributed by atoms with van der Waals surface area (Å²) >= 11 is 3.30. The Morgan fingerprint density at radius 2 is 1.83 bits per heavy atom. The molecule has 30 heavy (non-hydrogen) atoms. The number of fused-ring (bicyclic) bond motifs is 1. The maximum atomic E-state index is 12.6. The van der Waals surface area contributed by atoms with E-state index in [0.717, 1.165) is 10.9 Å². The first-order valence-corrected chi connectivity index (χ1v) is 10.2. The molecule has 0 radical (unpaired) electrons. The van der Waals surface area contributed by atoms with Crippen molar-refractivity contribution in [3.63, 3.8) is 0 Å². The summed E-state index contributed by atoms with van der Waals surface area (Å²) in [6.45, 7) is 3.67. The molecule has 0 saturated carbocycles. The predicted octanol–water partition coefficient (Wildman–Crippen LogP) is 3.21. The van der Waals surface area contributed by atoms with Gasteiger partial charge in [0.15, 0.2) is 5.76 Å². The summed E-state index contributed by atoms with van der Waals surface area (Å²) in [5.74, 6) is -0.329. The molecule has 0 atom stereocenters. The van der Waals surface area contributed by atoms with Gasteiger partial charge in [-0.05, 0) is 51.0 Å². The van der Waals surface area contributed by atoms with Gasteiger partial charge < -0.3 is 9.15 Å². The molecule has 3 amide bonds. The van der Waals surface area contributed by atoms with Crippen LogP contribution in [0.5, 0.6) is 0 Å². The molecule has 3 N–H and O–H groups in total. The number of nitrogens with one attached hydrogen (secondary N) is 3. The fraction of sp³-hybridized carbons (Fsp3) is 0.300. The zero-order valence-corrected chi connectivity index (χ0v) is 18.1. The molecule has 0 saturated heterocycles. The molecule has 1 aromatic heterocycles. The number of aryl methyl sites for hydroxylation is 1. The molecule has 0 unspecified atom stereocenters. The number of carbonyl (C=O) groups excluding carboxylic acids is 3. The van der Waals surface area contributed by atoms with Crippen LogP contribution in [0.15, 0.2) is 38.3 Å². The molecule has 158 valence electrons. The van der Waals surface area contributed by atoms with Gasteiger partial charge in [0, 0.05) is 27.6 Å². The average molecular weight is 477 g/mol. The van der Waals surface area contributed by atoms with Crippen molar-refractivity contribution >= 4 is 39.5 Å². The first-order valence-electron chi connectivity index (χ1n) is 9.39. The van der Waals surface area contributed by atoms with Crippen LogP contribution >= 0.6 is 15.9 Å². The Hall–Kier alpha value is -3.14. The van der Waals surface area contributed by atoms with Gasteiger partial charge in [-0.2, -0.15) is 5.10 Å². The summed E-state index contributed by atoms with van der Waals surface area (Å²) < 4.78 is 11.4. The Morgan fingerprint density at radius 1 is 1.13 bits per heavy atom. The molecule has 9 nitrogen and oxygen atoms in total. The molecule has 0 aliphatic heterocycles. The maximum Gasteiger partial charge on any atom is 0.427 e. The molecule has 3 rings (SSSR count). The summed E-state index contributed by atoms with van der Waals surface area (Å²) in [4.78, 5) is 36.3. The van der Waals surface area contributed by atoms with Crippen molar-refractivity contribution in [2.45, 2.75) is 33.1 Å². The maximum absolute atomic E-state index is 12.6. The highest BCUT2D eigenvalue weighted by Crippen LogP contribution is 2.29. The van der Waals surface area contributed by atoms with E-state index in [-0.39, 0.29) is 12.4 Å². The third-order valence-corrected chi connectivity index (χ3v) is 5.01. The van der Waals surface area contributed by atoms with Crippen LogP contribution in [-0.4, -0.2) is 30.2 Å². The lowest BCUT2D eigenvalue weighted by Gasteiger charge is -2.13. The third-order valence-electron chi connectivity index (χ3n) is 4.49. The summed E-state index contributed by atoms with van der Waals surface area (Å²) in [5.41, 5.74) is 9.38. The molecule has 1 heterocycles. The highest BCUT2D eigenvalue weighted by Gasteiger charge is 2.28. The average Bonchev–Trinajstić information content (AvgIpc) is 3.08. The van der Waals surface area contributed by atoms with E-state index in [1.54, 1.807) is 38.1 Å². The third kappa shape index (κ3) is 4.88. The number of furan rings is 1. The number of nitrogens with zero attached hydrogens (tertiary/aromatic N) is 1. The first-order chi connectivity index (χ1) is 14.4. The van der Waals surface area contributed by atoms with Crippen LogP contribution in [0.25, 0.3) is 0 Å². The van der Waals surface area contributed by atoms with E-state index >= 15 is 0 Å². The van der Waals surface area contributed by atoms with Crippen LogP contribution in [0, 0.1) is 6.92 Å². The van der Waals surface area contributed by atoms with Crippen LogP contribution in [0.2, 0.25) is 0 Å². The molecule has 0 bridgehead atoms. The van der Waals surface area contributed by atoms with E-state index in [0.29, 0.717) is 41.0 Å². The number of hydrogen-bond donors (Lipinski definition) is 3. The fourth-order valence-corrected chi connectivity index (χ4v) is 3.38. The number of hydrogen-bond acceptors (Lipinski definition) is 6. The van der Waals surface area contributed by atoms with Gasteiger partial charge in [-0.3, -0.25) is 20.4 Å². The van der Waals surface area contributed by atoms with Gasteiger partial charge in [0.25, 0.3) is 5.91 Å². The predicted molar refractivity (Wildman–Crippen MR) is 112 cm³/mol. The number of ether oxygens (including phenoxy) is 1. The van der Waals surface area contributed by atoms with Crippen LogP contribution in [0.4, 0.5) is 4.79 Å². The largest absolute Gasteiger partial charge is 0.455 e. The summed E-state index contributed by atoms with van der Waals surface area (Å²) in [6.07, 6.45) is 1.39. The quantitative estimate of drug-likeness (QED) is 0.584. The Bertz CT molecular complexity index is 997. The Labute approximate surface area is 181 Å². The standard InChI is InChI=1S/C20H21BrN4O5/c1-3-29-20(28)25-22-14-5-4-6-15-16(14)11(2)17(30-15)19(27)24-23-18(26)12-7-9-13(21)10-8-12/h7-10H,3-6H2,1-2H3,(H,23,26)(H,24,27)(H,25,28)/b22-14+. The second-order valence-corrected chi connectivity index (χ2v) is 7.43. The first kappa shape index (κ1) is 21.6. The van der Waals surface area contributed by atoms with Crippen LogP contribution in [0.1, 0.15) is 57.6 Å². The van der Waals surface area contributed by atoms with Crippen molar-refractivity contribution in [2.24, 2.45) is 5.10 Å². The van der Waals surface area contributed by atoms with Crippen molar-refractivity contribution in [3.05, 3.63) is 56.9 Å². The molecular formula is C20H21BrN4O5. The minimum absolute atomic E-state index is 0.0850. The van der Waals surface area contributed by atoms with Gasteiger partial charge in [-0.25, -0.2) is 10.2 Å². The molecular weight excluding hydrogens is 456 g/mol. The van der Waals surface area contributed by atoms with Crippen molar-refractivity contribution in [3.8, 4) is 0 Å². The molecule has 1 aromatic carbocycles. The van der Waals surface area contributed by atoms with E-state index in [9.17, 15) is 14.4 Å². The van der Waals surface area contributed by atoms with E-state index in [1.165, 1.54) is 0 Å². The van der Waals surface area contributed by atoms with Crippen molar-refractivity contribution in [1.29, 1.82) is 0 Å². The number of rotatable bonds is 4. The minimum Gasteiger partial charge on any atom is -0.455 e. The van der Waals surface area contributed by atoms with Gasteiger partial charge in [0.2, 0.25) is 0 Å². The van der Waals surface area contributed by atoms with Gasteiger partial charge in [-0.15, -0.1) is 0 Å². The number of halogens is 1. The number of benzene rings is 1. The lowest BCUT2D eigenvalue weighted by molar-refractivity contribution is 0.0829. The Kier molecular flexibility index (Phi) is 6.88. The normalized spacial score (nSPS) is 14.0. The fourth-order valence-electron chi connectivity index (χ4n) is 3.12. The SMILES string of the molecule is CCOC(=O)N/N=C1\CCCc2oc(C(=O)NNC(=O)c3ccc(Br)cc3)c(C)c21.